The molecule has 5 heteroatoms. The fourth-order valence-corrected chi connectivity index (χ4v) is 3.13. The number of aromatic nitrogens is 1. The van der Waals surface area contributed by atoms with Gasteiger partial charge in [-0.15, -0.1) is 0 Å². The molecular weight excluding hydrogens is 300 g/mol. The van der Waals surface area contributed by atoms with Gasteiger partial charge in [0.05, 0.1) is 0 Å². The molecule has 5 nitrogen and oxygen atoms in total. The van der Waals surface area contributed by atoms with Crippen molar-refractivity contribution < 1.29 is 4.79 Å². The number of carbonyl (C=O) groups excluding carboxylic acids is 1. The minimum Gasteiger partial charge on any atom is -0.373 e. The Balaban J connectivity index is 1.48. The lowest BCUT2D eigenvalue weighted by Crippen LogP contribution is -2.33. The summed E-state index contributed by atoms with van der Waals surface area (Å²) in [4.78, 5) is 18.7. The SMILES string of the molecule is CNc1cc(C(=O)NCCCN2CCCc3ccccc32)ccn1. The molecule has 1 aromatic heterocycles. The van der Waals surface area contributed by atoms with E-state index in [1.165, 1.54) is 24.1 Å². The molecule has 1 amide bonds. The predicted octanol–water partition coefficient (Wildman–Crippen LogP) is 2.70. The van der Waals surface area contributed by atoms with Crippen LogP contribution in [0.1, 0.15) is 28.8 Å². The van der Waals surface area contributed by atoms with Crippen LogP contribution < -0.4 is 15.5 Å². The quantitative estimate of drug-likeness (QED) is 0.802. The van der Waals surface area contributed by atoms with E-state index in [2.05, 4.69) is 44.8 Å². The normalized spacial score (nSPS) is 13.3. The molecule has 1 aromatic carbocycles. The van der Waals surface area contributed by atoms with Crippen LogP contribution in [-0.4, -0.2) is 37.6 Å². The van der Waals surface area contributed by atoms with E-state index in [0.717, 1.165) is 19.5 Å². The van der Waals surface area contributed by atoms with Crippen molar-refractivity contribution in [3.8, 4) is 0 Å². The molecule has 24 heavy (non-hydrogen) atoms. The van der Waals surface area contributed by atoms with E-state index >= 15 is 0 Å². The lowest BCUT2D eigenvalue weighted by molar-refractivity contribution is 0.0953. The zero-order valence-electron chi connectivity index (χ0n) is 14.1. The van der Waals surface area contributed by atoms with Crippen LogP contribution in [0.15, 0.2) is 42.6 Å². The van der Waals surface area contributed by atoms with Gasteiger partial charge in [-0.05, 0) is 43.0 Å². The highest BCUT2D eigenvalue weighted by atomic mass is 16.1. The zero-order valence-corrected chi connectivity index (χ0v) is 14.1. The van der Waals surface area contributed by atoms with E-state index in [1.54, 1.807) is 25.4 Å². The average Bonchev–Trinajstić information content (AvgIpc) is 2.65. The molecule has 3 rings (SSSR count). The monoisotopic (exact) mass is 324 g/mol. The summed E-state index contributed by atoms with van der Waals surface area (Å²) in [7, 11) is 1.79. The van der Waals surface area contributed by atoms with E-state index in [9.17, 15) is 4.79 Å². The van der Waals surface area contributed by atoms with Crippen LogP contribution in [0.2, 0.25) is 0 Å². The Morgan fingerprint density at radius 2 is 2.17 bits per heavy atom. The summed E-state index contributed by atoms with van der Waals surface area (Å²) in [6.07, 6.45) is 4.95. The third kappa shape index (κ3) is 3.85. The summed E-state index contributed by atoms with van der Waals surface area (Å²) in [5.41, 5.74) is 3.42. The molecule has 0 saturated heterocycles. The molecule has 0 fully saturated rings. The van der Waals surface area contributed by atoms with Gasteiger partial charge in [-0.2, -0.15) is 0 Å². The Morgan fingerprint density at radius 1 is 1.29 bits per heavy atom. The number of rotatable bonds is 6. The highest BCUT2D eigenvalue weighted by molar-refractivity contribution is 5.94. The number of nitrogens with zero attached hydrogens (tertiary/aromatic N) is 2. The van der Waals surface area contributed by atoms with Gasteiger partial charge in [-0.3, -0.25) is 4.79 Å². The predicted molar refractivity (Wildman–Crippen MR) is 97.7 cm³/mol. The number of hydrogen-bond donors (Lipinski definition) is 2. The summed E-state index contributed by atoms with van der Waals surface area (Å²) in [6, 6.07) is 12.1. The third-order valence-electron chi connectivity index (χ3n) is 4.38. The average molecular weight is 324 g/mol. The fraction of sp³-hybridized carbons (Fsp3) is 0.368. The third-order valence-corrected chi connectivity index (χ3v) is 4.38. The first-order valence-electron chi connectivity index (χ1n) is 8.53. The second-order valence-corrected chi connectivity index (χ2v) is 6.01. The first-order chi connectivity index (χ1) is 11.8. The first kappa shape index (κ1) is 16.3. The number of nitrogens with one attached hydrogen (secondary N) is 2. The van der Waals surface area contributed by atoms with E-state index in [4.69, 9.17) is 0 Å². The van der Waals surface area contributed by atoms with Crippen molar-refractivity contribution in [2.75, 3.05) is 36.9 Å². The molecule has 0 aliphatic carbocycles. The van der Waals surface area contributed by atoms with Crippen LogP contribution in [0.4, 0.5) is 11.5 Å². The van der Waals surface area contributed by atoms with Gasteiger partial charge in [0.15, 0.2) is 0 Å². The lowest BCUT2D eigenvalue weighted by Gasteiger charge is -2.31. The van der Waals surface area contributed by atoms with Crippen LogP contribution in [0.5, 0.6) is 0 Å². The Labute approximate surface area is 143 Å². The molecule has 126 valence electrons. The maximum atomic E-state index is 12.2. The van der Waals surface area contributed by atoms with Crippen molar-refractivity contribution in [2.45, 2.75) is 19.3 Å². The number of pyridine rings is 1. The first-order valence-corrected chi connectivity index (χ1v) is 8.53. The van der Waals surface area contributed by atoms with Gasteiger partial charge < -0.3 is 15.5 Å². The number of fused-ring (bicyclic) bond motifs is 1. The number of hydrogen-bond acceptors (Lipinski definition) is 4. The minimum atomic E-state index is -0.0482. The lowest BCUT2D eigenvalue weighted by atomic mass is 10.0. The number of carbonyl (C=O) groups is 1. The van der Waals surface area contributed by atoms with Gasteiger partial charge in [0.2, 0.25) is 0 Å². The molecule has 0 radical (unpaired) electrons. The summed E-state index contributed by atoms with van der Waals surface area (Å²) in [5.74, 6) is 0.653. The highest BCUT2D eigenvalue weighted by Crippen LogP contribution is 2.26. The van der Waals surface area contributed by atoms with Gasteiger partial charge in [0.25, 0.3) is 5.91 Å². The van der Waals surface area contributed by atoms with Gasteiger partial charge >= 0.3 is 0 Å². The van der Waals surface area contributed by atoms with Gasteiger partial charge in [-0.25, -0.2) is 4.98 Å². The molecule has 0 atom stereocenters. The Morgan fingerprint density at radius 3 is 3.04 bits per heavy atom. The highest BCUT2D eigenvalue weighted by Gasteiger charge is 2.15. The Bertz CT molecular complexity index is 701. The van der Waals surface area contributed by atoms with Crippen LogP contribution >= 0.6 is 0 Å². The molecule has 0 unspecified atom stereocenters. The molecular formula is C19H24N4O. The minimum absolute atomic E-state index is 0.0482. The smallest absolute Gasteiger partial charge is 0.251 e. The molecule has 0 bridgehead atoms. The topological polar surface area (TPSA) is 57.3 Å². The number of aryl methyl sites for hydroxylation is 1. The van der Waals surface area contributed by atoms with E-state index in [1.807, 2.05) is 0 Å². The number of amides is 1. The summed E-state index contributed by atoms with van der Waals surface area (Å²) < 4.78 is 0. The van der Waals surface area contributed by atoms with Gasteiger partial charge in [-0.1, -0.05) is 18.2 Å². The van der Waals surface area contributed by atoms with Crippen LogP contribution in [0.3, 0.4) is 0 Å². The maximum Gasteiger partial charge on any atom is 0.251 e. The number of anilines is 2. The van der Waals surface area contributed by atoms with E-state index in [0.29, 0.717) is 17.9 Å². The zero-order chi connectivity index (χ0) is 16.8. The molecule has 2 N–H and O–H groups in total. The van der Waals surface area contributed by atoms with E-state index < -0.39 is 0 Å². The van der Waals surface area contributed by atoms with Crippen molar-refractivity contribution in [2.24, 2.45) is 0 Å². The molecule has 2 heterocycles. The van der Waals surface area contributed by atoms with Crippen molar-refractivity contribution >= 4 is 17.4 Å². The van der Waals surface area contributed by atoms with Crippen LogP contribution in [-0.2, 0) is 6.42 Å². The number of para-hydroxylation sites is 1. The van der Waals surface area contributed by atoms with Gasteiger partial charge in [0.1, 0.15) is 5.82 Å². The Hall–Kier alpha value is -2.56. The fourth-order valence-electron chi connectivity index (χ4n) is 3.13. The summed E-state index contributed by atoms with van der Waals surface area (Å²) in [5, 5.41) is 5.94. The molecule has 1 aliphatic heterocycles. The second kappa shape index (κ2) is 7.81. The standard InChI is InChI=1S/C19H24N4O/c1-20-18-14-16(9-11-21-18)19(24)22-10-5-13-23-12-4-7-15-6-2-3-8-17(15)23/h2-3,6,8-9,11,14H,4-5,7,10,12-13H2,1H3,(H,20,21)(H,22,24). The largest absolute Gasteiger partial charge is 0.373 e. The summed E-state index contributed by atoms with van der Waals surface area (Å²) >= 11 is 0. The van der Waals surface area contributed by atoms with Crippen LogP contribution in [0, 0.1) is 0 Å². The van der Waals surface area contributed by atoms with Crippen molar-refractivity contribution in [1.82, 2.24) is 10.3 Å². The number of benzene rings is 1. The van der Waals surface area contributed by atoms with E-state index in [-0.39, 0.29) is 5.91 Å². The van der Waals surface area contributed by atoms with Crippen molar-refractivity contribution in [3.63, 3.8) is 0 Å². The summed E-state index contributed by atoms with van der Waals surface area (Å²) in [6.45, 7) is 2.74. The van der Waals surface area contributed by atoms with Crippen molar-refractivity contribution in [1.29, 1.82) is 0 Å². The molecule has 2 aromatic rings. The van der Waals surface area contributed by atoms with Crippen LogP contribution in [0.25, 0.3) is 0 Å². The molecule has 0 spiro atoms. The molecule has 1 aliphatic rings. The van der Waals surface area contributed by atoms with Gasteiger partial charge in [0, 0.05) is 44.1 Å². The second-order valence-electron chi connectivity index (χ2n) is 6.01. The van der Waals surface area contributed by atoms with Crippen molar-refractivity contribution in [3.05, 3.63) is 53.7 Å². The molecule has 0 saturated carbocycles. The Kier molecular flexibility index (Phi) is 5.31. The maximum absolute atomic E-state index is 12.2.